The third-order valence-electron chi connectivity index (χ3n) is 2.21. The van der Waals surface area contributed by atoms with Crippen LogP contribution in [0.3, 0.4) is 0 Å². The molecular weight excluding hydrogens is 321 g/mol. The van der Waals surface area contributed by atoms with E-state index in [4.69, 9.17) is 58.0 Å². The van der Waals surface area contributed by atoms with Crippen molar-refractivity contribution in [3.05, 3.63) is 55.4 Å². The molecule has 0 heterocycles. The maximum atomic E-state index is 6.12. The summed E-state index contributed by atoms with van der Waals surface area (Å²) in [4.78, 5) is 0. The highest BCUT2D eigenvalue weighted by Gasteiger charge is 2.14. The van der Waals surface area contributed by atoms with Crippen LogP contribution < -0.4 is 0 Å². The number of hydrogen-bond donors (Lipinski definition) is 0. The topological polar surface area (TPSA) is 0 Å². The maximum Gasteiger partial charge on any atom is 0.0791 e. The van der Waals surface area contributed by atoms with E-state index in [9.17, 15) is 0 Å². The van der Waals surface area contributed by atoms with Crippen LogP contribution in [0.25, 0.3) is 11.1 Å². The maximum absolute atomic E-state index is 6.12. The summed E-state index contributed by atoms with van der Waals surface area (Å²) in [5, 5.41) is 1.73. The van der Waals surface area contributed by atoms with Crippen LogP contribution in [0.2, 0.25) is 25.1 Å². The molecule has 1 radical (unpaired) electrons. The summed E-state index contributed by atoms with van der Waals surface area (Å²) in [7, 11) is 0. The van der Waals surface area contributed by atoms with Gasteiger partial charge in [-0.2, -0.15) is 0 Å². The van der Waals surface area contributed by atoms with Gasteiger partial charge >= 0.3 is 0 Å². The minimum absolute atomic E-state index is 0.252. The molecule has 0 saturated heterocycles. The minimum atomic E-state index is 0.252. The molecule has 0 bridgehead atoms. The molecule has 87 valence electrons. The fourth-order valence-electron chi connectivity index (χ4n) is 1.38. The second-order valence-electron chi connectivity index (χ2n) is 3.25. The van der Waals surface area contributed by atoms with Crippen molar-refractivity contribution in [3.8, 4) is 11.1 Å². The predicted molar refractivity (Wildman–Crippen MR) is 75.8 cm³/mol. The highest BCUT2D eigenvalue weighted by atomic mass is 35.5. The van der Waals surface area contributed by atoms with Crippen LogP contribution in [0.5, 0.6) is 0 Å². The molecule has 5 heteroatoms. The highest BCUT2D eigenvalue weighted by Crippen LogP contribution is 2.41. The van der Waals surface area contributed by atoms with Gasteiger partial charge in [0.1, 0.15) is 0 Å². The lowest BCUT2D eigenvalue weighted by Crippen LogP contribution is -1.84. The Bertz CT molecular complexity index is 577. The smallest absolute Gasteiger partial charge is 0.0791 e. The summed E-state index contributed by atoms with van der Waals surface area (Å²) in [6.45, 7) is 0. The molecule has 0 amide bonds. The first kappa shape index (κ1) is 13.3. The molecule has 2 rings (SSSR count). The third kappa shape index (κ3) is 2.52. The molecule has 2 aromatic rings. The van der Waals surface area contributed by atoms with Crippen molar-refractivity contribution in [2.24, 2.45) is 0 Å². The van der Waals surface area contributed by atoms with Crippen molar-refractivity contribution in [2.75, 3.05) is 0 Å². The van der Waals surface area contributed by atoms with Gasteiger partial charge in [-0.25, -0.2) is 0 Å². The molecule has 17 heavy (non-hydrogen) atoms. The van der Waals surface area contributed by atoms with Gasteiger partial charge in [-0.3, -0.25) is 0 Å². The van der Waals surface area contributed by atoms with Gasteiger partial charge in [-0.15, -0.1) is 0 Å². The number of halogens is 5. The van der Waals surface area contributed by atoms with E-state index >= 15 is 0 Å². The molecule has 0 fully saturated rings. The Kier molecular flexibility index (Phi) is 4.12. The van der Waals surface area contributed by atoms with Gasteiger partial charge in [0, 0.05) is 17.2 Å². The molecule has 0 spiro atoms. The molecule has 0 aliphatic carbocycles. The van der Waals surface area contributed by atoms with Gasteiger partial charge in [0.2, 0.25) is 0 Å². The quantitative estimate of drug-likeness (QED) is 0.531. The van der Waals surface area contributed by atoms with E-state index in [0.717, 1.165) is 0 Å². The van der Waals surface area contributed by atoms with Crippen molar-refractivity contribution in [3.63, 3.8) is 0 Å². The zero-order valence-corrected chi connectivity index (χ0v) is 12.0. The van der Waals surface area contributed by atoms with E-state index in [1.807, 2.05) is 0 Å². The zero-order chi connectivity index (χ0) is 12.6. The van der Waals surface area contributed by atoms with Crippen LogP contribution in [0.4, 0.5) is 0 Å². The van der Waals surface area contributed by atoms with Crippen molar-refractivity contribution in [2.45, 2.75) is 0 Å². The van der Waals surface area contributed by atoms with Gasteiger partial charge in [-0.1, -0.05) is 70.1 Å². The first-order chi connectivity index (χ1) is 8.02. The SMILES string of the molecule is Clc1[c]cc(-c2cccc(Cl)c2Cl)c(Cl)c1Cl. The molecule has 0 aliphatic heterocycles. The van der Waals surface area contributed by atoms with Gasteiger partial charge in [0.25, 0.3) is 0 Å². The van der Waals surface area contributed by atoms with Crippen molar-refractivity contribution in [1.82, 2.24) is 0 Å². The average Bonchev–Trinajstić information content (AvgIpc) is 2.31. The molecular formula is C12H4Cl5. The second-order valence-corrected chi connectivity index (χ2v) is 5.16. The van der Waals surface area contributed by atoms with Crippen LogP contribution in [-0.4, -0.2) is 0 Å². The normalized spacial score (nSPS) is 10.6. The van der Waals surface area contributed by atoms with E-state index in [1.165, 1.54) is 0 Å². The standard InChI is InChI=1S/C12H4Cl5/c13-8-3-1-2-6(10(8)15)7-4-5-9(14)12(17)11(7)16/h1-4H. The summed E-state index contributed by atoms with van der Waals surface area (Å²) < 4.78 is 0. The van der Waals surface area contributed by atoms with Crippen LogP contribution in [0, 0.1) is 6.07 Å². The molecule has 0 unspecified atom stereocenters. The molecule has 0 aromatic heterocycles. The summed E-state index contributed by atoms with van der Waals surface area (Å²) >= 11 is 29.9. The van der Waals surface area contributed by atoms with Crippen LogP contribution in [0.1, 0.15) is 0 Å². The lowest BCUT2D eigenvalue weighted by Gasteiger charge is -2.09. The Labute approximate surface area is 124 Å². The van der Waals surface area contributed by atoms with Gasteiger partial charge in [0.15, 0.2) is 0 Å². The van der Waals surface area contributed by atoms with Crippen LogP contribution in [0.15, 0.2) is 24.3 Å². The molecule has 2 aromatic carbocycles. The van der Waals surface area contributed by atoms with Gasteiger partial charge in [0.05, 0.1) is 25.1 Å². The number of benzene rings is 2. The molecule has 0 atom stereocenters. The largest absolute Gasteiger partial charge is 0.0827 e. The minimum Gasteiger partial charge on any atom is -0.0827 e. The van der Waals surface area contributed by atoms with E-state index in [0.29, 0.717) is 26.2 Å². The lowest BCUT2D eigenvalue weighted by molar-refractivity contribution is 1.60. The molecule has 0 N–H and O–H groups in total. The summed E-state index contributed by atoms with van der Waals surface area (Å²) in [5.74, 6) is 0. The predicted octanol–water partition coefficient (Wildman–Crippen LogP) is 6.42. The summed E-state index contributed by atoms with van der Waals surface area (Å²) in [5.41, 5.74) is 1.34. The van der Waals surface area contributed by atoms with Crippen LogP contribution in [-0.2, 0) is 0 Å². The highest BCUT2D eigenvalue weighted by molar-refractivity contribution is 6.49. The van der Waals surface area contributed by atoms with Gasteiger partial charge in [-0.05, 0) is 12.1 Å². The Morgan fingerprint density at radius 1 is 0.765 bits per heavy atom. The zero-order valence-electron chi connectivity index (χ0n) is 8.20. The third-order valence-corrected chi connectivity index (χ3v) is 4.29. The second kappa shape index (κ2) is 5.26. The molecule has 0 saturated carbocycles. The summed E-state index contributed by atoms with van der Waals surface area (Å²) in [6, 6.07) is 9.71. The Hall–Kier alpha value is -0.110. The van der Waals surface area contributed by atoms with Crippen molar-refractivity contribution in [1.29, 1.82) is 0 Å². The van der Waals surface area contributed by atoms with E-state index in [1.54, 1.807) is 24.3 Å². The summed E-state index contributed by atoms with van der Waals surface area (Å²) in [6.07, 6.45) is 0. The average molecular weight is 325 g/mol. The fraction of sp³-hybridized carbons (Fsp3) is 0. The first-order valence-corrected chi connectivity index (χ1v) is 6.41. The van der Waals surface area contributed by atoms with E-state index < -0.39 is 0 Å². The molecule has 0 aliphatic rings. The monoisotopic (exact) mass is 323 g/mol. The van der Waals surface area contributed by atoms with Gasteiger partial charge < -0.3 is 0 Å². The van der Waals surface area contributed by atoms with E-state index in [2.05, 4.69) is 6.07 Å². The van der Waals surface area contributed by atoms with Crippen LogP contribution >= 0.6 is 58.0 Å². The number of hydrogen-bond acceptors (Lipinski definition) is 0. The fourth-order valence-corrected chi connectivity index (χ4v) is 2.39. The van der Waals surface area contributed by atoms with Crippen molar-refractivity contribution >= 4 is 58.0 Å². The van der Waals surface area contributed by atoms with E-state index in [-0.39, 0.29) is 10.0 Å². The number of rotatable bonds is 1. The van der Waals surface area contributed by atoms with Crippen molar-refractivity contribution < 1.29 is 0 Å². The Morgan fingerprint density at radius 3 is 2.18 bits per heavy atom. The first-order valence-electron chi connectivity index (χ1n) is 4.52. The lowest BCUT2D eigenvalue weighted by atomic mass is 10.1. The Balaban J connectivity index is 2.69. The molecule has 0 nitrogen and oxygen atoms in total. The Morgan fingerprint density at radius 2 is 1.47 bits per heavy atom.